The molecule has 0 bridgehead atoms. The fraction of sp³-hybridized carbons (Fsp3) is 0.725. The van der Waals surface area contributed by atoms with E-state index in [1.165, 1.54) is 64.2 Å². The zero-order chi connectivity index (χ0) is 42.1. The van der Waals surface area contributed by atoms with Crippen molar-refractivity contribution in [1.82, 2.24) is 9.80 Å². The van der Waals surface area contributed by atoms with Gasteiger partial charge in [0.1, 0.15) is 0 Å². The first-order valence-electron chi connectivity index (χ1n) is 22.9. The Balaban J connectivity index is 1.94. The van der Waals surface area contributed by atoms with Gasteiger partial charge in [0.2, 0.25) is 0 Å². The van der Waals surface area contributed by atoms with Crippen LogP contribution in [0.4, 0.5) is 0 Å². The zero-order valence-electron chi connectivity index (χ0n) is 38.0. The number of carboxylic acid groups (broad SMARTS) is 2. The fourth-order valence-electron chi connectivity index (χ4n) is 12.7. The molecule has 2 aliphatic rings. The summed E-state index contributed by atoms with van der Waals surface area (Å²) < 4.78 is 0. The molecule has 6 nitrogen and oxygen atoms in total. The number of nitrogens with zero attached hydrogens (tertiary/aromatic N) is 2. The van der Waals surface area contributed by atoms with Gasteiger partial charge < -0.3 is 10.2 Å². The topological polar surface area (TPSA) is 81.1 Å². The van der Waals surface area contributed by atoms with Crippen LogP contribution in [0.3, 0.4) is 0 Å². The van der Waals surface area contributed by atoms with Crippen LogP contribution in [-0.2, 0) is 21.4 Å². The Morgan fingerprint density at radius 2 is 0.877 bits per heavy atom. The molecule has 0 radical (unpaired) electrons. The number of hydrogen-bond donors (Lipinski definition) is 2. The van der Waals surface area contributed by atoms with Crippen molar-refractivity contribution in [3.05, 3.63) is 71.8 Å². The van der Waals surface area contributed by atoms with E-state index in [4.69, 9.17) is 0 Å². The standard InChI is InChI=1S/C51H82N2O4/c1-11-13-15-17-19-27-33-52-46(3,4)36-42(37-47(52,5)6)51(41-31-25-22-26-32-41,50(44(54)55,45(56)57)35-40-29-23-21-24-30-40)43-38-48(7,8)53(49(9,10)39-43)34-28-20-18-16-14-12-2/h21-26,29-32,42-43H,11-20,27-28,33-39H2,1-10H3,(H,54,55)(H,56,57). The summed E-state index contributed by atoms with van der Waals surface area (Å²) in [4.78, 5) is 34.7. The van der Waals surface area contributed by atoms with E-state index in [9.17, 15) is 19.8 Å². The first kappa shape index (κ1) is 47.0. The van der Waals surface area contributed by atoms with Crippen molar-refractivity contribution >= 4 is 11.9 Å². The molecule has 320 valence electrons. The van der Waals surface area contributed by atoms with Gasteiger partial charge in [-0.25, -0.2) is 0 Å². The third-order valence-corrected chi connectivity index (χ3v) is 14.7. The van der Waals surface area contributed by atoms with Gasteiger partial charge >= 0.3 is 11.9 Å². The first-order chi connectivity index (χ1) is 26.8. The Labute approximate surface area is 348 Å². The molecule has 2 aliphatic heterocycles. The van der Waals surface area contributed by atoms with Gasteiger partial charge in [-0.3, -0.25) is 19.4 Å². The minimum Gasteiger partial charge on any atom is -0.480 e. The van der Waals surface area contributed by atoms with Crippen molar-refractivity contribution in [3.63, 3.8) is 0 Å². The van der Waals surface area contributed by atoms with Gasteiger partial charge in [0.15, 0.2) is 5.41 Å². The van der Waals surface area contributed by atoms with E-state index in [-0.39, 0.29) is 40.4 Å². The minimum absolute atomic E-state index is 0.0783. The summed E-state index contributed by atoms with van der Waals surface area (Å²) in [5.74, 6) is -2.89. The lowest BCUT2D eigenvalue weighted by atomic mass is 9.42. The van der Waals surface area contributed by atoms with E-state index in [2.05, 4.69) is 91.2 Å². The summed E-state index contributed by atoms with van der Waals surface area (Å²) in [6, 6.07) is 19.8. The summed E-state index contributed by atoms with van der Waals surface area (Å²) in [5.41, 5.74) is -2.88. The normalized spacial score (nSPS) is 20.4. The van der Waals surface area contributed by atoms with Crippen molar-refractivity contribution in [2.75, 3.05) is 13.1 Å². The van der Waals surface area contributed by atoms with Crippen LogP contribution in [0.25, 0.3) is 0 Å². The lowest BCUT2D eigenvalue weighted by molar-refractivity contribution is -0.190. The zero-order valence-corrected chi connectivity index (χ0v) is 38.0. The van der Waals surface area contributed by atoms with Crippen molar-refractivity contribution in [2.45, 2.75) is 206 Å². The summed E-state index contributed by atoms with van der Waals surface area (Å²) in [7, 11) is 0. The van der Waals surface area contributed by atoms with Gasteiger partial charge in [0.25, 0.3) is 0 Å². The number of rotatable bonds is 22. The third-order valence-electron chi connectivity index (χ3n) is 14.7. The largest absolute Gasteiger partial charge is 0.480 e. The third kappa shape index (κ3) is 10.2. The van der Waals surface area contributed by atoms with Crippen LogP contribution in [0.15, 0.2) is 60.7 Å². The molecule has 6 heteroatoms. The van der Waals surface area contributed by atoms with Crippen LogP contribution in [-0.4, -0.2) is 67.2 Å². The lowest BCUT2D eigenvalue weighted by Gasteiger charge is -2.66. The van der Waals surface area contributed by atoms with E-state index in [0.717, 1.165) is 62.7 Å². The fourth-order valence-corrected chi connectivity index (χ4v) is 12.7. The predicted octanol–water partition coefficient (Wildman–Crippen LogP) is 12.6. The van der Waals surface area contributed by atoms with Crippen LogP contribution in [0, 0.1) is 17.3 Å². The van der Waals surface area contributed by atoms with E-state index < -0.39 is 22.8 Å². The van der Waals surface area contributed by atoms with Crippen LogP contribution >= 0.6 is 0 Å². The number of hydrogen-bond acceptors (Lipinski definition) is 4. The Morgan fingerprint density at radius 1 is 0.544 bits per heavy atom. The van der Waals surface area contributed by atoms with Crippen LogP contribution in [0.5, 0.6) is 0 Å². The molecule has 2 N–H and O–H groups in total. The van der Waals surface area contributed by atoms with Gasteiger partial charge in [-0.1, -0.05) is 139 Å². The number of unbranched alkanes of at least 4 members (excludes halogenated alkanes) is 10. The average Bonchev–Trinajstić information content (AvgIpc) is 3.12. The number of likely N-dealkylation sites (tertiary alicyclic amines) is 2. The van der Waals surface area contributed by atoms with E-state index in [1.54, 1.807) is 0 Å². The van der Waals surface area contributed by atoms with Gasteiger partial charge in [-0.15, -0.1) is 0 Å². The molecule has 2 aromatic carbocycles. The lowest BCUT2D eigenvalue weighted by Crippen LogP contribution is -2.72. The van der Waals surface area contributed by atoms with Gasteiger partial charge in [0, 0.05) is 34.0 Å². The Kier molecular flexibility index (Phi) is 16.1. The number of aliphatic carboxylic acids is 2. The molecule has 0 atom stereocenters. The molecule has 2 heterocycles. The Morgan fingerprint density at radius 3 is 1.23 bits per heavy atom. The van der Waals surface area contributed by atoms with Gasteiger partial charge in [-0.2, -0.15) is 0 Å². The summed E-state index contributed by atoms with van der Waals surface area (Å²) in [5, 5.41) is 23.9. The molecule has 57 heavy (non-hydrogen) atoms. The highest BCUT2D eigenvalue weighted by molar-refractivity contribution is 6.01. The number of carbonyl (C=O) groups is 2. The van der Waals surface area contributed by atoms with Crippen LogP contribution in [0.1, 0.15) is 183 Å². The van der Waals surface area contributed by atoms with Crippen molar-refractivity contribution in [2.24, 2.45) is 17.3 Å². The molecule has 0 unspecified atom stereocenters. The Hall–Kier alpha value is -2.70. The second-order valence-electron chi connectivity index (χ2n) is 20.7. The van der Waals surface area contributed by atoms with Gasteiger partial charge in [0.05, 0.1) is 0 Å². The summed E-state index contributed by atoms with van der Waals surface area (Å²) in [6.07, 6.45) is 17.6. The molecule has 2 aromatic rings. The number of carboxylic acids is 2. The molecular formula is C51H82N2O4. The van der Waals surface area contributed by atoms with Crippen LogP contribution in [0.2, 0.25) is 0 Å². The van der Waals surface area contributed by atoms with E-state index in [1.807, 2.05) is 48.5 Å². The minimum atomic E-state index is -2.13. The quantitative estimate of drug-likeness (QED) is 0.0914. The highest BCUT2D eigenvalue weighted by Crippen LogP contribution is 2.64. The van der Waals surface area contributed by atoms with Gasteiger partial charge in [-0.05, 0) is 130 Å². The Bertz CT molecular complexity index is 1440. The second-order valence-corrected chi connectivity index (χ2v) is 20.7. The molecular weight excluding hydrogens is 705 g/mol. The molecule has 0 aliphatic carbocycles. The average molecular weight is 787 g/mol. The first-order valence-corrected chi connectivity index (χ1v) is 22.9. The SMILES string of the molecule is CCCCCCCCN1C(C)(C)CC(C(c2ccccc2)(C2CC(C)(C)N(CCCCCCCC)C(C)(C)C2)C(Cc2ccccc2)(C(=O)O)C(=O)O)CC1(C)C. The molecule has 2 saturated heterocycles. The highest BCUT2D eigenvalue weighted by Gasteiger charge is 2.71. The number of piperidine rings is 2. The van der Waals surface area contributed by atoms with E-state index in [0.29, 0.717) is 0 Å². The van der Waals surface area contributed by atoms with Crippen molar-refractivity contribution < 1.29 is 19.8 Å². The molecule has 0 spiro atoms. The number of benzene rings is 2. The monoisotopic (exact) mass is 787 g/mol. The molecule has 0 amide bonds. The summed E-state index contributed by atoms with van der Waals surface area (Å²) in [6.45, 7) is 25.2. The maximum Gasteiger partial charge on any atom is 0.322 e. The summed E-state index contributed by atoms with van der Waals surface area (Å²) >= 11 is 0. The maximum atomic E-state index is 14.6. The molecule has 2 fully saturated rings. The van der Waals surface area contributed by atoms with Crippen molar-refractivity contribution in [1.29, 1.82) is 0 Å². The second kappa shape index (κ2) is 19.6. The molecule has 4 rings (SSSR count). The maximum absolute atomic E-state index is 14.6. The molecule has 0 saturated carbocycles. The highest BCUT2D eigenvalue weighted by atomic mass is 16.4. The predicted molar refractivity (Wildman–Crippen MR) is 238 cm³/mol. The molecule has 0 aromatic heterocycles. The van der Waals surface area contributed by atoms with Crippen molar-refractivity contribution in [3.8, 4) is 0 Å². The smallest absolute Gasteiger partial charge is 0.322 e. The van der Waals surface area contributed by atoms with Crippen LogP contribution < -0.4 is 0 Å². The van der Waals surface area contributed by atoms with E-state index >= 15 is 0 Å².